The Hall–Kier alpha value is -2.29. The van der Waals surface area contributed by atoms with Crippen molar-refractivity contribution < 1.29 is 19.1 Å². The highest BCUT2D eigenvalue weighted by atomic mass is 32.1. The molecule has 1 amide bonds. The van der Waals surface area contributed by atoms with Crippen LogP contribution in [-0.4, -0.2) is 54.2 Å². The van der Waals surface area contributed by atoms with Crippen LogP contribution in [0, 0.1) is 0 Å². The number of nitrogens with one attached hydrogen (secondary N) is 1. The van der Waals surface area contributed by atoms with Gasteiger partial charge in [-0.05, 0) is 38.1 Å². The summed E-state index contributed by atoms with van der Waals surface area (Å²) in [4.78, 5) is 30.6. The molecule has 7 nitrogen and oxygen atoms in total. The van der Waals surface area contributed by atoms with Gasteiger partial charge in [0.2, 0.25) is 0 Å². The second kappa shape index (κ2) is 8.60. The minimum Gasteiger partial charge on any atom is -0.465 e. The number of amides is 1. The number of nitrogens with zero attached hydrogens (tertiary/aromatic N) is 2. The smallest absolute Gasteiger partial charge is 0.337 e. The molecule has 0 saturated carbocycles. The number of ether oxygens (including phenoxy) is 2. The monoisotopic (exact) mass is 389 g/mol. The first kappa shape index (κ1) is 19.5. The van der Waals surface area contributed by atoms with Crippen molar-refractivity contribution in [2.45, 2.75) is 32.6 Å². The number of aromatic nitrogens is 1. The van der Waals surface area contributed by atoms with Gasteiger partial charge in [0.15, 0.2) is 5.13 Å². The largest absolute Gasteiger partial charge is 0.465 e. The number of esters is 1. The van der Waals surface area contributed by atoms with Gasteiger partial charge in [-0.15, -0.1) is 11.3 Å². The summed E-state index contributed by atoms with van der Waals surface area (Å²) in [6, 6.07) is 6.31. The van der Waals surface area contributed by atoms with E-state index in [4.69, 9.17) is 4.74 Å². The third-order valence-electron chi connectivity index (χ3n) is 4.22. The maximum atomic E-state index is 12.4. The Kier molecular flexibility index (Phi) is 6.20. The number of hydrogen-bond donors (Lipinski definition) is 1. The molecule has 0 radical (unpaired) electrons. The van der Waals surface area contributed by atoms with Crippen LogP contribution in [0.3, 0.4) is 0 Å². The molecule has 2 aromatic rings. The van der Waals surface area contributed by atoms with Crippen molar-refractivity contribution in [3.05, 3.63) is 46.5 Å². The lowest BCUT2D eigenvalue weighted by Crippen LogP contribution is -2.44. The molecule has 1 saturated heterocycles. The first-order valence-corrected chi connectivity index (χ1v) is 9.64. The number of carbonyl (C=O) groups is 2. The Morgan fingerprint density at radius 3 is 2.48 bits per heavy atom. The molecule has 1 fully saturated rings. The molecule has 0 aliphatic carbocycles. The van der Waals surface area contributed by atoms with Crippen molar-refractivity contribution in [3.8, 4) is 0 Å². The highest BCUT2D eigenvalue weighted by Gasteiger charge is 2.22. The number of anilines is 1. The highest BCUT2D eigenvalue weighted by Crippen LogP contribution is 2.20. The van der Waals surface area contributed by atoms with Crippen molar-refractivity contribution in [2.24, 2.45) is 0 Å². The van der Waals surface area contributed by atoms with E-state index in [9.17, 15) is 9.59 Å². The summed E-state index contributed by atoms with van der Waals surface area (Å²) in [5, 5.41) is 5.32. The van der Waals surface area contributed by atoms with E-state index in [1.807, 2.05) is 5.38 Å². The van der Waals surface area contributed by atoms with E-state index < -0.39 is 5.97 Å². The molecule has 2 unspecified atom stereocenters. The first-order chi connectivity index (χ1) is 12.9. The van der Waals surface area contributed by atoms with Gasteiger partial charge in [0, 0.05) is 30.6 Å². The zero-order valence-corrected chi connectivity index (χ0v) is 16.4. The Morgan fingerprint density at radius 2 is 1.85 bits per heavy atom. The number of thiazole rings is 1. The van der Waals surface area contributed by atoms with E-state index in [0.29, 0.717) is 16.3 Å². The highest BCUT2D eigenvalue weighted by molar-refractivity contribution is 7.13. The molecule has 2 atom stereocenters. The lowest BCUT2D eigenvalue weighted by atomic mass is 10.1. The third kappa shape index (κ3) is 5.12. The molecule has 0 spiro atoms. The standard InChI is InChI=1S/C19H23N3O4S/c1-12-8-22(9-13(2)26-12)10-16-11-27-19(20-16)21-17(23)14-4-6-15(7-5-14)18(24)25-3/h4-7,11-13H,8-10H2,1-3H3,(H,20,21,23). The van der Waals surface area contributed by atoms with E-state index in [1.165, 1.54) is 18.4 Å². The van der Waals surface area contributed by atoms with Gasteiger partial charge in [-0.3, -0.25) is 15.0 Å². The Balaban J connectivity index is 1.58. The fraction of sp³-hybridized carbons (Fsp3) is 0.421. The van der Waals surface area contributed by atoms with Crippen LogP contribution in [0.2, 0.25) is 0 Å². The molecule has 0 bridgehead atoms. The van der Waals surface area contributed by atoms with Crippen LogP contribution >= 0.6 is 11.3 Å². The summed E-state index contributed by atoms with van der Waals surface area (Å²) in [7, 11) is 1.32. The van der Waals surface area contributed by atoms with Crippen LogP contribution in [0.4, 0.5) is 5.13 Å². The summed E-state index contributed by atoms with van der Waals surface area (Å²) >= 11 is 1.40. The van der Waals surface area contributed by atoms with E-state index >= 15 is 0 Å². The van der Waals surface area contributed by atoms with Crippen molar-refractivity contribution in [2.75, 3.05) is 25.5 Å². The van der Waals surface area contributed by atoms with E-state index in [0.717, 1.165) is 25.3 Å². The molecule has 144 valence electrons. The fourth-order valence-electron chi connectivity index (χ4n) is 3.12. The molecule has 8 heteroatoms. The van der Waals surface area contributed by atoms with E-state index in [-0.39, 0.29) is 18.1 Å². The van der Waals surface area contributed by atoms with Gasteiger partial charge < -0.3 is 9.47 Å². The van der Waals surface area contributed by atoms with Crippen LogP contribution < -0.4 is 5.32 Å². The van der Waals surface area contributed by atoms with Gasteiger partial charge in [-0.2, -0.15) is 0 Å². The van der Waals surface area contributed by atoms with Crippen molar-refractivity contribution in [3.63, 3.8) is 0 Å². The summed E-state index contributed by atoms with van der Waals surface area (Å²) < 4.78 is 10.4. The second-order valence-corrected chi connectivity index (χ2v) is 7.48. The zero-order chi connectivity index (χ0) is 19.4. The Labute approximate surface area is 162 Å². The predicted octanol–water partition coefficient (Wildman–Crippen LogP) is 2.79. The van der Waals surface area contributed by atoms with Crippen molar-refractivity contribution in [1.82, 2.24) is 9.88 Å². The molecule has 1 aliphatic rings. The number of methoxy groups -OCH3 is 1. The van der Waals surface area contributed by atoms with Crippen LogP contribution in [-0.2, 0) is 16.0 Å². The van der Waals surface area contributed by atoms with Gasteiger partial charge in [-0.25, -0.2) is 9.78 Å². The summed E-state index contributed by atoms with van der Waals surface area (Å²) in [6.07, 6.45) is 0.416. The number of carbonyl (C=O) groups excluding carboxylic acids is 2. The van der Waals surface area contributed by atoms with Gasteiger partial charge in [0.05, 0.1) is 30.6 Å². The molecule has 3 rings (SSSR count). The third-order valence-corrected chi connectivity index (χ3v) is 5.03. The van der Waals surface area contributed by atoms with Gasteiger partial charge in [0.25, 0.3) is 5.91 Å². The normalized spacial score (nSPS) is 20.3. The van der Waals surface area contributed by atoms with Crippen LogP contribution in [0.15, 0.2) is 29.6 Å². The lowest BCUT2D eigenvalue weighted by Gasteiger charge is -2.34. The SMILES string of the molecule is COC(=O)c1ccc(C(=O)Nc2nc(CN3CC(C)OC(C)C3)cs2)cc1. The number of benzene rings is 1. The number of morpholine rings is 1. The second-order valence-electron chi connectivity index (χ2n) is 6.62. The van der Waals surface area contributed by atoms with E-state index in [2.05, 4.69) is 33.8 Å². The van der Waals surface area contributed by atoms with Crippen LogP contribution in [0.5, 0.6) is 0 Å². The summed E-state index contributed by atoms with van der Waals surface area (Å²) in [6.45, 7) is 6.62. The van der Waals surface area contributed by atoms with Crippen LogP contribution in [0.1, 0.15) is 40.3 Å². The lowest BCUT2D eigenvalue weighted by molar-refractivity contribution is -0.0707. The molecule has 1 aromatic heterocycles. The average molecular weight is 389 g/mol. The van der Waals surface area contributed by atoms with Crippen molar-refractivity contribution in [1.29, 1.82) is 0 Å². The molecule has 27 heavy (non-hydrogen) atoms. The topological polar surface area (TPSA) is 80.8 Å². The molecule has 1 aromatic carbocycles. The summed E-state index contributed by atoms with van der Waals surface area (Å²) in [5.74, 6) is -0.695. The quantitative estimate of drug-likeness (QED) is 0.792. The Bertz CT molecular complexity index is 796. The summed E-state index contributed by atoms with van der Waals surface area (Å²) in [5.41, 5.74) is 1.78. The Morgan fingerprint density at radius 1 is 1.22 bits per heavy atom. The molecule has 1 N–H and O–H groups in total. The maximum Gasteiger partial charge on any atom is 0.337 e. The molecular weight excluding hydrogens is 366 g/mol. The zero-order valence-electron chi connectivity index (χ0n) is 15.6. The van der Waals surface area contributed by atoms with Gasteiger partial charge >= 0.3 is 5.97 Å². The maximum absolute atomic E-state index is 12.4. The molecule has 1 aliphatic heterocycles. The molecular formula is C19H23N3O4S. The van der Waals surface area contributed by atoms with Crippen LogP contribution in [0.25, 0.3) is 0 Å². The number of hydrogen-bond acceptors (Lipinski definition) is 7. The minimum atomic E-state index is -0.432. The first-order valence-electron chi connectivity index (χ1n) is 8.76. The van der Waals surface area contributed by atoms with Crippen molar-refractivity contribution >= 4 is 28.3 Å². The fourth-order valence-corrected chi connectivity index (χ4v) is 3.82. The minimum absolute atomic E-state index is 0.208. The van der Waals surface area contributed by atoms with Gasteiger partial charge in [-0.1, -0.05) is 0 Å². The van der Waals surface area contributed by atoms with E-state index in [1.54, 1.807) is 24.3 Å². The predicted molar refractivity (Wildman–Crippen MR) is 103 cm³/mol. The van der Waals surface area contributed by atoms with Gasteiger partial charge in [0.1, 0.15) is 0 Å². The average Bonchev–Trinajstić information content (AvgIpc) is 3.07. The molecule has 2 heterocycles. The number of rotatable bonds is 5.